The van der Waals surface area contributed by atoms with Crippen LogP contribution < -0.4 is 10.6 Å². The first-order valence-electron chi connectivity index (χ1n) is 8.38. The molecule has 1 aromatic rings. The summed E-state index contributed by atoms with van der Waals surface area (Å²) in [5.41, 5.74) is 0.0367. The van der Waals surface area contributed by atoms with Crippen molar-refractivity contribution in [1.29, 1.82) is 0 Å². The first-order valence-corrected chi connectivity index (χ1v) is 8.38. The van der Waals surface area contributed by atoms with Gasteiger partial charge in [-0.15, -0.1) is 0 Å². The zero-order valence-corrected chi connectivity index (χ0v) is 14.2. The molecule has 142 valence electrons. The molecule has 0 spiro atoms. The Morgan fingerprint density at radius 3 is 2.22 bits per heavy atom. The number of nitrogens with one attached hydrogen (secondary N) is 2. The van der Waals surface area contributed by atoms with Gasteiger partial charge in [-0.05, 0) is 25.0 Å². The number of amides is 4. The quantitative estimate of drug-likeness (QED) is 0.590. The molecule has 4 amide bonds. The summed E-state index contributed by atoms with van der Waals surface area (Å²) in [5.74, 6) is -5.09. The molecule has 1 heterocycles. The Balaban J connectivity index is 1.49. The van der Waals surface area contributed by atoms with Crippen molar-refractivity contribution in [2.24, 2.45) is 11.8 Å². The number of hydrogen-bond acceptors (Lipinski definition) is 4. The second-order valence-corrected chi connectivity index (χ2v) is 6.37. The molecular weight excluding hydrogens is 360 g/mol. The van der Waals surface area contributed by atoms with E-state index in [-0.39, 0.29) is 17.5 Å². The Hall–Kier alpha value is -3.10. The minimum absolute atomic E-state index is 0.0367. The van der Waals surface area contributed by atoms with Crippen molar-refractivity contribution in [2.45, 2.75) is 12.8 Å². The third-order valence-corrected chi connectivity index (χ3v) is 4.55. The molecule has 0 radical (unpaired) electrons. The molecule has 2 N–H and O–H groups in total. The zero-order valence-electron chi connectivity index (χ0n) is 14.2. The molecule has 1 aromatic carbocycles. The van der Waals surface area contributed by atoms with E-state index in [1.54, 1.807) is 0 Å². The first kappa shape index (κ1) is 18.7. The SMILES string of the molecule is O=C(CN1C(=O)[C@@H]2CC=CC[C@H]2C1=O)NCC(=O)Nc1ccc(F)c(F)c1. The van der Waals surface area contributed by atoms with Crippen LogP contribution >= 0.6 is 0 Å². The van der Waals surface area contributed by atoms with Crippen LogP contribution in [0.4, 0.5) is 14.5 Å². The number of carbonyl (C=O) groups excluding carboxylic acids is 4. The van der Waals surface area contributed by atoms with Crippen LogP contribution in [-0.2, 0) is 19.2 Å². The molecule has 0 saturated carbocycles. The monoisotopic (exact) mass is 377 g/mol. The summed E-state index contributed by atoms with van der Waals surface area (Å²) >= 11 is 0. The number of benzene rings is 1. The molecule has 0 aromatic heterocycles. The van der Waals surface area contributed by atoms with Crippen molar-refractivity contribution in [3.8, 4) is 0 Å². The maximum absolute atomic E-state index is 13.1. The van der Waals surface area contributed by atoms with Gasteiger partial charge in [0.25, 0.3) is 0 Å². The Bertz CT molecular complexity index is 814. The molecule has 1 aliphatic heterocycles. The van der Waals surface area contributed by atoms with Crippen LogP contribution in [0.3, 0.4) is 0 Å². The fourth-order valence-corrected chi connectivity index (χ4v) is 3.18. The largest absolute Gasteiger partial charge is 0.345 e. The number of fused-ring (bicyclic) bond motifs is 1. The van der Waals surface area contributed by atoms with Gasteiger partial charge in [-0.1, -0.05) is 12.2 Å². The van der Waals surface area contributed by atoms with Crippen molar-refractivity contribution in [1.82, 2.24) is 10.2 Å². The van der Waals surface area contributed by atoms with Crippen molar-refractivity contribution in [3.05, 3.63) is 42.0 Å². The van der Waals surface area contributed by atoms with Gasteiger partial charge in [-0.25, -0.2) is 8.78 Å². The van der Waals surface area contributed by atoms with Crippen LogP contribution in [0.15, 0.2) is 30.4 Å². The minimum atomic E-state index is -1.11. The van der Waals surface area contributed by atoms with Crippen LogP contribution in [0, 0.1) is 23.5 Å². The number of allylic oxidation sites excluding steroid dienone is 2. The number of anilines is 1. The smallest absolute Gasteiger partial charge is 0.243 e. The Kier molecular flexibility index (Phi) is 5.29. The molecule has 3 rings (SSSR count). The van der Waals surface area contributed by atoms with Gasteiger partial charge < -0.3 is 10.6 Å². The standard InChI is InChI=1S/C18H17F2N3O4/c19-13-6-5-10(7-14(13)20)22-15(24)8-21-16(25)9-23-17(26)11-3-1-2-4-12(11)18(23)27/h1-2,5-7,11-12H,3-4,8-9H2,(H,21,25)(H,22,24)/t11-,12-/m1/s1. The van der Waals surface area contributed by atoms with Crippen molar-refractivity contribution in [2.75, 3.05) is 18.4 Å². The van der Waals surface area contributed by atoms with Crippen molar-refractivity contribution < 1.29 is 28.0 Å². The molecule has 2 atom stereocenters. The summed E-state index contributed by atoms with van der Waals surface area (Å²) in [6.07, 6.45) is 4.64. The third kappa shape index (κ3) is 4.02. The summed E-state index contributed by atoms with van der Waals surface area (Å²) in [4.78, 5) is 49.2. The van der Waals surface area contributed by atoms with E-state index in [1.807, 2.05) is 12.2 Å². The van der Waals surface area contributed by atoms with Crippen LogP contribution in [0.5, 0.6) is 0 Å². The number of nitrogens with zero attached hydrogens (tertiary/aromatic N) is 1. The van der Waals surface area contributed by atoms with Crippen molar-refractivity contribution >= 4 is 29.3 Å². The number of carbonyl (C=O) groups is 4. The fraction of sp³-hybridized carbons (Fsp3) is 0.333. The normalized spacial score (nSPS) is 21.2. The number of halogens is 2. The minimum Gasteiger partial charge on any atom is -0.345 e. The van der Waals surface area contributed by atoms with Gasteiger partial charge in [0.15, 0.2) is 11.6 Å². The summed E-state index contributed by atoms with van der Waals surface area (Å²) in [5, 5.41) is 4.60. The molecule has 0 unspecified atom stereocenters. The summed E-state index contributed by atoms with van der Waals surface area (Å²) in [6.45, 7) is -0.897. The lowest BCUT2D eigenvalue weighted by Gasteiger charge is -2.14. The molecule has 7 nitrogen and oxygen atoms in total. The van der Waals surface area contributed by atoms with Gasteiger partial charge >= 0.3 is 0 Å². The summed E-state index contributed by atoms with van der Waals surface area (Å²) in [6, 6.07) is 2.85. The van der Waals surface area contributed by atoms with E-state index in [4.69, 9.17) is 0 Å². The van der Waals surface area contributed by atoms with E-state index >= 15 is 0 Å². The number of likely N-dealkylation sites (tertiary alicyclic amines) is 1. The van der Waals surface area contributed by atoms with Gasteiger partial charge in [0, 0.05) is 11.8 Å². The summed E-state index contributed by atoms with van der Waals surface area (Å²) in [7, 11) is 0. The highest BCUT2D eigenvalue weighted by molar-refractivity contribution is 6.07. The highest BCUT2D eigenvalue weighted by atomic mass is 19.2. The van der Waals surface area contributed by atoms with Crippen molar-refractivity contribution in [3.63, 3.8) is 0 Å². The molecule has 1 fully saturated rings. The van der Waals surface area contributed by atoms with E-state index in [9.17, 15) is 28.0 Å². The maximum atomic E-state index is 13.1. The lowest BCUT2D eigenvalue weighted by atomic mass is 9.85. The van der Waals surface area contributed by atoms with E-state index in [0.29, 0.717) is 12.8 Å². The maximum Gasteiger partial charge on any atom is 0.243 e. The van der Waals surface area contributed by atoms with E-state index in [1.165, 1.54) is 6.07 Å². The molecule has 9 heteroatoms. The third-order valence-electron chi connectivity index (χ3n) is 4.55. The number of rotatable bonds is 5. The second-order valence-electron chi connectivity index (χ2n) is 6.37. The van der Waals surface area contributed by atoms with Crippen LogP contribution in [0.1, 0.15) is 12.8 Å². The Labute approximate surface area is 153 Å². The molecule has 1 saturated heterocycles. The van der Waals surface area contributed by atoms with Crippen LogP contribution in [0.2, 0.25) is 0 Å². The fourth-order valence-electron chi connectivity index (χ4n) is 3.18. The Morgan fingerprint density at radius 1 is 1.00 bits per heavy atom. The second kappa shape index (κ2) is 7.65. The molecule has 2 aliphatic rings. The topological polar surface area (TPSA) is 95.6 Å². The predicted octanol–water partition coefficient (Wildman–Crippen LogP) is 0.971. The van der Waals surface area contributed by atoms with E-state index in [0.717, 1.165) is 17.0 Å². The molecule has 1 aliphatic carbocycles. The van der Waals surface area contributed by atoms with E-state index in [2.05, 4.69) is 10.6 Å². The van der Waals surface area contributed by atoms with Gasteiger partial charge in [0.1, 0.15) is 6.54 Å². The number of imide groups is 1. The molecule has 27 heavy (non-hydrogen) atoms. The highest BCUT2D eigenvalue weighted by Gasteiger charge is 2.47. The van der Waals surface area contributed by atoms with Gasteiger partial charge in [0.05, 0.1) is 18.4 Å². The van der Waals surface area contributed by atoms with Gasteiger partial charge in [0.2, 0.25) is 23.6 Å². The Morgan fingerprint density at radius 2 is 1.63 bits per heavy atom. The molecule has 0 bridgehead atoms. The van der Waals surface area contributed by atoms with Gasteiger partial charge in [-0.2, -0.15) is 0 Å². The lowest BCUT2D eigenvalue weighted by Crippen LogP contribution is -2.43. The molecular formula is C18H17F2N3O4. The van der Waals surface area contributed by atoms with Crippen LogP contribution in [-0.4, -0.2) is 41.6 Å². The van der Waals surface area contributed by atoms with Gasteiger partial charge in [-0.3, -0.25) is 24.1 Å². The highest BCUT2D eigenvalue weighted by Crippen LogP contribution is 2.34. The first-order chi connectivity index (χ1) is 12.9. The number of hydrogen-bond donors (Lipinski definition) is 2. The summed E-state index contributed by atoms with van der Waals surface area (Å²) < 4.78 is 25.9. The van der Waals surface area contributed by atoms with Crippen LogP contribution in [0.25, 0.3) is 0 Å². The average molecular weight is 377 g/mol. The van der Waals surface area contributed by atoms with E-state index < -0.39 is 48.4 Å². The predicted molar refractivity (Wildman–Crippen MR) is 90.1 cm³/mol. The lowest BCUT2D eigenvalue weighted by molar-refractivity contribution is -0.143. The average Bonchev–Trinajstić information content (AvgIpc) is 2.88. The zero-order chi connectivity index (χ0) is 19.6.